The van der Waals surface area contributed by atoms with Crippen LogP contribution in [0.4, 0.5) is 5.69 Å². The first-order valence-electron chi connectivity index (χ1n) is 4.86. The summed E-state index contributed by atoms with van der Waals surface area (Å²) in [6, 6.07) is 5.71. The van der Waals surface area contributed by atoms with Gasteiger partial charge in [0.15, 0.2) is 0 Å². The highest BCUT2D eigenvalue weighted by molar-refractivity contribution is 7.98. The zero-order valence-corrected chi connectivity index (χ0v) is 11.8. The number of thiocarbonyl (C=S) groups is 1. The molecule has 16 heavy (non-hydrogen) atoms. The van der Waals surface area contributed by atoms with E-state index in [1.165, 1.54) is 0 Å². The lowest BCUT2D eigenvalue weighted by atomic mass is 10.1. The van der Waals surface area contributed by atoms with Gasteiger partial charge < -0.3 is 10.6 Å². The highest BCUT2D eigenvalue weighted by Crippen LogP contribution is 2.26. The van der Waals surface area contributed by atoms with Crippen molar-refractivity contribution in [1.82, 2.24) is 0 Å². The van der Waals surface area contributed by atoms with E-state index in [2.05, 4.69) is 11.2 Å². The number of hydrogen-bond acceptors (Lipinski definition) is 3. The molecule has 88 valence electrons. The van der Waals surface area contributed by atoms with Gasteiger partial charge in [-0.25, -0.2) is 0 Å². The van der Waals surface area contributed by atoms with E-state index in [-0.39, 0.29) is 0 Å². The first kappa shape index (κ1) is 13.6. The summed E-state index contributed by atoms with van der Waals surface area (Å²) in [7, 11) is 2.02. The lowest BCUT2D eigenvalue weighted by Gasteiger charge is -2.22. The van der Waals surface area contributed by atoms with Crippen LogP contribution in [-0.2, 0) is 0 Å². The Morgan fingerprint density at radius 2 is 2.25 bits per heavy atom. The van der Waals surface area contributed by atoms with Crippen LogP contribution in [0.25, 0.3) is 0 Å². The number of nitrogens with zero attached hydrogens (tertiary/aromatic N) is 1. The zero-order valence-electron chi connectivity index (χ0n) is 9.37. The van der Waals surface area contributed by atoms with Gasteiger partial charge in [-0.1, -0.05) is 29.9 Å². The molecule has 1 aromatic carbocycles. The lowest BCUT2D eigenvalue weighted by Crippen LogP contribution is -2.24. The number of nitrogens with two attached hydrogens (primary N) is 1. The molecule has 5 heteroatoms. The van der Waals surface area contributed by atoms with Gasteiger partial charge in [-0.2, -0.15) is 11.8 Å². The second kappa shape index (κ2) is 6.33. The zero-order chi connectivity index (χ0) is 12.1. The van der Waals surface area contributed by atoms with Gasteiger partial charge in [-0.3, -0.25) is 0 Å². The first-order valence-corrected chi connectivity index (χ1v) is 7.04. The van der Waals surface area contributed by atoms with E-state index in [4.69, 9.17) is 29.6 Å². The molecule has 0 heterocycles. The maximum Gasteiger partial charge on any atom is 0.107 e. The van der Waals surface area contributed by atoms with Crippen LogP contribution in [0.1, 0.15) is 5.56 Å². The van der Waals surface area contributed by atoms with Gasteiger partial charge in [0.2, 0.25) is 0 Å². The predicted octanol–water partition coefficient (Wildman–Crippen LogP) is 2.77. The molecule has 0 aromatic heterocycles. The maximum absolute atomic E-state index is 6.10. The van der Waals surface area contributed by atoms with Crippen LogP contribution < -0.4 is 10.6 Å². The molecule has 2 nitrogen and oxygen atoms in total. The molecule has 0 spiro atoms. The number of anilines is 1. The summed E-state index contributed by atoms with van der Waals surface area (Å²) < 4.78 is 0. The fourth-order valence-electron chi connectivity index (χ4n) is 1.42. The van der Waals surface area contributed by atoms with E-state index in [0.29, 0.717) is 10.0 Å². The molecule has 0 saturated carbocycles. The number of hydrogen-bond donors (Lipinski definition) is 1. The van der Waals surface area contributed by atoms with E-state index >= 15 is 0 Å². The molecule has 0 atom stereocenters. The topological polar surface area (TPSA) is 29.3 Å². The minimum Gasteiger partial charge on any atom is -0.389 e. The van der Waals surface area contributed by atoms with Crippen molar-refractivity contribution in [2.75, 3.05) is 30.5 Å². The number of rotatable bonds is 5. The van der Waals surface area contributed by atoms with Crippen molar-refractivity contribution in [3.05, 3.63) is 28.8 Å². The second-order valence-corrected chi connectivity index (χ2v) is 5.25. The Morgan fingerprint density at radius 1 is 1.56 bits per heavy atom. The molecule has 0 aliphatic carbocycles. The molecule has 0 fully saturated rings. The normalized spacial score (nSPS) is 10.2. The van der Waals surface area contributed by atoms with Gasteiger partial charge in [-0.15, -0.1) is 0 Å². The largest absolute Gasteiger partial charge is 0.389 e. The third kappa shape index (κ3) is 3.27. The van der Waals surface area contributed by atoms with Crippen molar-refractivity contribution >= 4 is 46.3 Å². The number of thioether (sulfide) groups is 1. The number of benzene rings is 1. The summed E-state index contributed by atoms with van der Waals surface area (Å²) in [5.41, 5.74) is 7.46. The van der Waals surface area contributed by atoms with E-state index in [0.717, 1.165) is 23.5 Å². The molecular weight excluding hydrogens is 260 g/mol. The van der Waals surface area contributed by atoms with Gasteiger partial charge in [0.25, 0.3) is 0 Å². The summed E-state index contributed by atoms with van der Waals surface area (Å²) in [6.07, 6.45) is 2.08. The Balaban J connectivity index is 3.02. The van der Waals surface area contributed by atoms with Crippen LogP contribution in [0.2, 0.25) is 5.02 Å². The third-order valence-electron chi connectivity index (χ3n) is 2.28. The van der Waals surface area contributed by atoms with Crippen molar-refractivity contribution in [3.8, 4) is 0 Å². The lowest BCUT2D eigenvalue weighted by molar-refractivity contribution is 0.976. The summed E-state index contributed by atoms with van der Waals surface area (Å²) in [5, 5.41) is 0.612. The van der Waals surface area contributed by atoms with Crippen LogP contribution in [0.15, 0.2) is 18.2 Å². The molecule has 1 rings (SSSR count). The molecular formula is C11H15ClN2S2. The Kier molecular flexibility index (Phi) is 5.38. The Bertz CT molecular complexity index is 382. The fraction of sp³-hybridized carbons (Fsp3) is 0.364. The smallest absolute Gasteiger partial charge is 0.107 e. The first-order chi connectivity index (χ1) is 7.57. The van der Waals surface area contributed by atoms with Crippen LogP contribution >= 0.6 is 35.6 Å². The molecule has 0 aliphatic heterocycles. The Morgan fingerprint density at radius 3 is 2.81 bits per heavy atom. The summed E-state index contributed by atoms with van der Waals surface area (Å²) in [5.74, 6) is 1.06. The third-order valence-corrected chi connectivity index (χ3v) is 3.39. The Labute approximate surface area is 111 Å². The van der Waals surface area contributed by atoms with Gasteiger partial charge in [0, 0.05) is 25.0 Å². The van der Waals surface area contributed by atoms with Crippen LogP contribution in [-0.4, -0.2) is 30.6 Å². The average molecular weight is 275 g/mol. The summed E-state index contributed by atoms with van der Waals surface area (Å²) >= 11 is 12.9. The van der Waals surface area contributed by atoms with Crippen LogP contribution in [0.3, 0.4) is 0 Å². The van der Waals surface area contributed by atoms with Crippen molar-refractivity contribution in [3.63, 3.8) is 0 Å². The van der Waals surface area contributed by atoms with Gasteiger partial charge in [0.1, 0.15) is 4.99 Å². The van der Waals surface area contributed by atoms with Crippen molar-refractivity contribution in [1.29, 1.82) is 0 Å². The van der Waals surface area contributed by atoms with Crippen LogP contribution in [0.5, 0.6) is 0 Å². The summed E-state index contributed by atoms with van der Waals surface area (Å²) in [4.78, 5) is 2.47. The SMILES string of the molecule is CSCCN(C)c1cccc(Cl)c1C(N)=S. The van der Waals surface area contributed by atoms with Crippen molar-refractivity contribution < 1.29 is 0 Å². The summed E-state index contributed by atoms with van der Waals surface area (Å²) in [6.45, 7) is 0.942. The van der Waals surface area contributed by atoms with Gasteiger partial charge in [-0.05, 0) is 18.4 Å². The highest BCUT2D eigenvalue weighted by atomic mass is 35.5. The van der Waals surface area contributed by atoms with E-state index in [1.807, 2.05) is 25.2 Å². The van der Waals surface area contributed by atoms with Crippen molar-refractivity contribution in [2.45, 2.75) is 0 Å². The van der Waals surface area contributed by atoms with E-state index < -0.39 is 0 Å². The average Bonchev–Trinajstić information content (AvgIpc) is 2.24. The minimum absolute atomic E-state index is 0.344. The molecule has 2 N–H and O–H groups in total. The monoisotopic (exact) mass is 274 g/mol. The van der Waals surface area contributed by atoms with Crippen molar-refractivity contribution in [2.24, 2.45) is 5.73 Å². The molecule has 0 radical (unpaired) electrons. The molecule has 0 aliphatic rings. The number of halogens is 1. The van der Waals surface area contributed by atoms with E-state index in [9.17, 15) is 0 Å². The van der Waals surface area contributed by atoms with E-state index in [1.54, 1.807) is 11.8 Å². The second-order valence-electron chi connectivity index (χ2n) is 3.41. The van der Waals surface area contributed by atoms with Gasteiger partial charge in [0.05, 0.1) is 10.6 Å². The molecule has 0 bridgehead atoms. The molecule has 0 saturated heterocycles. The van der Waals surface area contributed by atoms with Gasteiger partial charge >= 0.3 is 0 Å². The molecule has 0 amide bonds. The highest BCUT2D eigenvalue weighted by Gasteiger charge is 2.12. The molecule has 1 aromatic rings. The Hall–Kier alpha value is -0.450. The fourth-order valence-corrected chi connectivity index (χ4v) is 2.42. The quantitative estimate of drug-likeness (QED) is 0.836. The minimum atomic E-state index is 0.344. The molecule has 0 unspecified atom stereocenters. The predicted molar refractivity (Wildman–Crippen MR) is 79.0 cm³/mol. The maximum atomic E-state index is 6.10. The standard InChI is InChI=1S/C11H15ClN2S2/c1-14(6-7-16-2)9-5-3-4-8(12)10(9)11(13)15/h3-5H,6-7H2,1-2H3,(H2,13,15). The van der Waals surface area contributed by atoms with Crippen LogP contribution in [0, 0.1) is 0 Å².